The van der Waals surface area contributed by atoms with Gasteiger partial charge in [0.2, 0.25) is 0 Å². The maximum absolute atomic E-state index is 12.3. The predicted octanol–water partition coefficient (Wildman–Crippen LogP) is 3.21. The third-order valence-electron chi connectivity index (χ3n) is 2.79. The molecule has 0 saturated carbocycles. The number of aliphatic imine (C=N–C) groups is 1. The first kappa shape index (κ1) is 15.1. The molecule has 1 aromatic carbocycles. The van der Waals surface area contributed by atoms with Crippen molar-refractivity contribution in [2.75, 3.05) is 7.05 Å². The summed E-state index contributed by atoms with van der Waals surface area (Å²) in [5.41, 5.74) is 1.61. The molecule has 0 saturated heterocycles. The molecule has 0 bridgehead atoms. The highest BCUT2D eigenvalue weighted by molar-refractivity contribution is 7.97. The van der Waals surface area contributed by atoms with Crippen molar-refractivity contribution in [3.05, 3.63) is 60.1 Å². The van der Waals surface area contributed by atoms with Gasteiger partial charge in [0, 0.05) is 18.2 Å². The van der Waals surface area contributed by atoms with Gasteiger partial charge in [0.1, 0.15) is 11.5 Å². The molecule has 2 rings (SSSR count). The van der Waals surface area contributed by atoms with E-state index in [0.29, 0.717) is 11.5 Å². The number of hydrogen-bond acceptors (Lipinski definition) is 4. The number of rotatable bonds is 4. The second-order valence-corrected chi connectivity index (χ2v) is 5.53. The molecule has 4 nitrogen and oxygen atoms in total. The van der Waals surface area contributed by atoms with Crippen LogP contribution in [0.15, 0.2) is 64.4 Å². The van der Waals surface area contributed by atoms with E-state index < -0.39 is 0 Å². The SMILES string of the molecule is C=C(N=CC=CC)NC(=O)C1=Cc2ccccc2SN1C. The van der Waals surface area contributed by atoms with Crippen LogP contribution in [0.2, 0.25) is 0 Å². The van der Waals surface area contributed by atoms with Gasteiger partial charge in [-0.15, -0.1) is 0 Å². The Kier molecular flexibility index (Phi) is 5.00. The summed E-state index contributed by atoms with van der Waals surface area (Å²) in [5, 5.41) is 2.68. The number of carbonyl (C=O) groups excluding carboxylic acids is 1. The molecule has 0 unspecified atom stereocenters. The molecule has 1 N–H and O–H groups in total. The van der Waals surface area contributed by atoms with E-state index in [0.717, 1.165) is 10.5 Å². The Hall–Kier alpha value is -2.27. The van der Waals surface area contributed by atoms with E-state index in [-0.39, 0.29) is 5.91 Å². The average Bonchev–Trinajstić information content (AvgIpc) is 2.46. The molecule has 108 valence electrons. The van der Waals surface area contributed by atoms with E-state index in [2.05, 4.69) is 16.9 Å². The van der Waals surface area contributed by atoms with Crippen LogP contribution >= 0.6 is 11.9 Å². The maximum Gasteiger partial charge on any atom is 0.273 e. The predicted molar refractivity (Wildman–Crippen MR) is 88.6 cm³/mol. The molecule has 0 fully saturated rings. The van der Waals surface area contributed by atoms with Crippen LogP contribution in [-0.4, -0.2) is 23.5 Å². The summed E-state index contributed by atoms with van der Waals surface area (Å²) in [6.45, 7) is 5.61. The molecule has 1 aliphatic rings. The van der Waals surface area contributed by atoms with E-state index in [1.54, 1.807) is 12.3 Å². The zero-order valence-electron chi connectivity index (χ0n) is 12.0. The van der Waals surface area contributed by atoms with Crippen LogP contribution in [0.1, 0.15) is 12.5 Å². The Morgan fingerprint density at radius 2 is 2.19 bits per heavy atom. The molecule has 0 radical (unpaired) electrons. The first-order valence-corrected chi connectivity index (χ1v) is 7.27. The monoisotopic (exact) mass is 299 g/mol. The number of benzene rings is 1. The van der Waals surface area contributed by atoms with Crippen LogP contribution < -0.4 is 5.32 Å². The third kappa shape index (κ3) is 3.86. The number of nitrogens with zero attached hydrogens (tertiary/aromatic N) is 2. The fraction of sp³-hybridized carbons (Fsp3) is 0.125. The van der Waals surface area contributed by atoms with Crippen LogP contribution in [0.4, 0.5) is 0 Å². The molecule has 0 atom stereocenters. The fourth-order valence-electron chi connectivity index (χ4n) is 1.77. The Labute approximate surface area is 129 Å². The summed E-state index contributed by atoms with van der Waals surface area (Å²) in [4.78, 5) is 17.4. The van der Waals surface area contributed by atoms with Crippen LogP contribution in [0.25, 0.3) is 6.08 Å². The molecular formula is C16H17N3OS. The van der Waals surface area contributed by atoms with Crippen molar-refractivity contribution in [2.24, 2.45) is 4.99 Å². The van der Waals surface area contributed by atoms with Crippen LogP contribution in [-0.2, 0) is 4.79 Å². The first-order chi connectivity index (χ1) is 10.1. The van der Waals surface area contributed by atoms with Crippen molar-refractivity contribution in [2.45, 2.75) is 11.8 Å². The summed E-state index contributed by atoms with van der Waals surface area (Å²) < 4.78 is 1.83. The van der Waals surface area contributed by atoms with E-state index in [1.807, 2.05) is 54.7 Å². The number of allylic oxidation sites excluding steroid dienone is 2. The Morgan fingerprint density at radius 3 is 2.95 bits per heavy atom. The highest BCUT2D eigenvalue weighted by atomic mass is 32.2. The Balaban J connectivity index is 2.12. The van der Waals surface area contributed by atoms with Crippen molar-refractivity contribution in [1.29, 1.82) is 0 Å². The van der Waals surface area contributed by atoms with Gasteiger partial charge in [-0.2, -0.15) is 0 Å². The summed E-state index contributed by atoms with van der Waals surface area (Å²) >= 11 is 1.52. The lowest BCUT2D eigenvalue weighted by molar-refractivity contribution is -0.117. The van der Waals surface area contributed by atoms with Crippen LogP contribution in [0, 0.1) is 0 Å². The van der Waals surface area contributed by atoms with Gasteiger partial charge in [-0.1, -0.05) is 30.9 Å². The second-order valence-electron chi connectivity index (χ2n) is 4.36. The summed E-state index contributed by atoms with van der Waals surface area (Å²) in [6.07, 6.45) is 7.08. The second kappa shape index (κ2) is 6.95. The molecule has 1 aliphatic heterocycles. The summed E-state index contributed by atoms with van der Waals surface area (Å²) in [5.74, 6) is 0.0957. The van der Waals surface area contributed by atoms with Gasteiger partial charge in [0.05, 0.1) is 0 Å². The average molecular weight is 299 g/mol. The van der Waals surface area contributed by atoms with Crippen molar-refractivity contribution in [1.82, 2.24) is 9.62 Å². The first-order valence-electron chi connectivity index (χ1n) is 6.50. The lowest BCUT2D eigenvalue weighted by Gasteiger charge is -2.25. The van der Waals surface area contributed by atoms with E-state index in [4.69, 9.17) is 0 Å². The molecule has 1 amide bonds. The molecule has 1 heterocycles. The van der Waals surface area contributed by atoms with E-state index in [1.165, 1.54) is 11.9 Å². The minimum Gasteiger partial charge on any atom is -0.310 e. The van der Waals surface area contributed by atoms with Crippen molar-refractivity contribution in [3.8, 4) is 0 Å². The highest BCUT2D eigenvalue weighted by Crippen LogP contribution is 2.34. The van der Waals surface area contributed by atoms with Gasteiger partial charge in [-0.05, 0) is 42.7 Å². The van der Waals surface area contributed by atoms with E-state index in [9.17, 15) is 4.79 Å². The van der Waals surface area contributed by atoms with Crippen molar-refractivity contribution >= 4 is 30.1 Å². The van der Waals surface area contributed by atoms with Gasteiger partial charge in [-0.3, -0.25) is 4.79 Å². The summed E-state index contributed by atoms with van der Waals surface area (Å²) in [6, 6.07) is 7.96. The Bertz CT molecular complexity index is 647. The van der Waals surface area contributed by atoms with E-state index >= 15 is 0 Å². The van der Waals surface area contributed by atoms with Crippen LogP contribution in [0.3, 0.4) is 0 Å². The minimum absolute atomic E-state index is 0.220. The molecule has 0 aliphatic carbocycles. The highest BCUT2D eigenvalue weighted by Gasteiger charge is 2.21. The van der Waals surface area contributed by atoms with Gasteiger partial charge in [-0.25, -0.2) is 4.99 Å². The quantitative estimate of drug-likeness (QED) is 0.686. The number of nitrogens with one attached hydrogen (secondary N) is 1. The third-order valence-corrected chi connectivity index (χ3v) is 3.82. The standard InChI is InChI=1S/C16H17N3OS/c1-4-5-10-17-12(2)18-16(20)14-11-13-8-6-7-9-15(13)21-19(14)3/h4-11H,2H2,1,3H3,(H,18,20). The molecule has 21 heavy (non-hydrogen) atoms. The maximum atomic E-state index is 12.3. The minimum atomic E-state index is -0.220. The van der Waals surface area contributed by atoms with Gasteiger partial charge < -0.3 is 9.62 Å². The topological polar surface area (TPSA) is 44.7 Å². The largest absolute Gasteiger partial charge is 0.310 e. The fourth-order valence-corrected chi connectivity index (χ4v) is 2.67. The smallest absolute Gasteiger partial charge is 0.273 e. The molecule has 1 aromatic rings. The number of fused-ring (bicyclic) bond motifs is 1. The zero-order valence-corrected chi connectivity index (χ0v) is 12.9. The molecule has 0 aromatic heterocycles. The number of likely N-dealkylation sites (N-methyl/N-ethyl adjacent to an activating group) is 1. The van der Waals surface area contributed by atoms with Crippen molar-refractivity contribution < 1.29 is 4.79 Å². The Morgan fingerprint density at radius 1 is 1.43 bits per heavy atom. The van der Waals surface area contributed by atoms with Gasteiger partial charge in [0.25, 0.3) is 5.91 Å². The molecular weight excluding hydrogens is 282 g/mol. The van der Waals surface area contributed by atoms with Crippen molar-refractivity contribution in [3.63, 3.8) is 0 Å². The lowest BCUT2D eigenvalue weighted by Crippen LogP contribution is -2.30. The number of carbonyl (C=O) groups is 1. The normalized spacial score (nSPS) is 14.2. The van der Waals surface area contributed by atoms with Gasteiger partial charge in [0.15, 0.2) is 0 Å². The molecule has 5 heteroatoms. The molecule has 0 spiro atoms. The van der Waals surface area contributed by atoms with Crippen LogP contribution in [0.5, 0.6) is 0 Å². The zero-order chi connectivity index (χ0) is 15.2. The van der Waals surface area contributed by atoms with Gasteiger partial charge >= 0.3 is 0 Å². The lowest BCUT2D eigenvalue weighted by atomic mass is 10.2. The summed E-state index contributed by atoms with van der Waals surface area (Å²) in [7, 11) is 1.86. The number of amides is 1. The number of hydrogen-bond donors (Lipinski definition) is 1.